The molecule has 1 aromatic heterocycles. The lowest BCUT2D eigenvalue weighted by Gasteiger charge is -2.35. The van der Waals surface area contributed by atoms with Gasteiger partial charge in [0.05, 0.1) is 10.5 Å². The Kier molecular flexibility index (Phi) is 5.72. The number of benzene rings is 2. The maximum atomic E-state index is 14.0. The summed E-state index contributed by atoms with van der Waals surface area (Å²) in [4.78, 5) is 9.61. The minimum absolute atomic E-state index is 0.0154. The molecule has 3 aromatic rings. The van der Waals surface area contributed by atoms with Crippen molar-refractivity contribution in [3.63, 3.8) is 0 Å². The third-order valence-electron chi connectivity index (χ3n) is 6.74. The Labute approximate surface area is 187 Å². The molecule has 1 N–H and O–H groups in total. The molecule has 2 aromatic carbocycles. The van der Waals surface area contributed by atoms with E-state index in [1.165, 1.54) is 57.1 Å². The summed E-state index contributed by atoms with van der Waals surface area (Å²) < 4.78 is 14.0. The maximum Gasteiger partial charge on any atom is 0.170 e. The van der Waals surface area contributed by atoms with Gasteiger partial charge in [-0.25, -0.2) is 4.39 Å². The first-order valence-electron chi connectivity index (χ1n) is 11.1. The topological polar surface area (TPSA) is 39.6 Å². The van der Waals surface area contributed by atoms with Gasteiger partial charge in [0, 0.05) is 36.9 Å². The average Bonchev–Trinajstić information content (AvgIpc) is 3.30. The molecule has 0 amide bonds. The Balaban J connectivity index is 1.40. The minimum Gasteiger partial charge on any atom is -0.504 e. The molecule has 0 saturated carbocycles. The highest BCUT2D eigenvalue weighted by Gasteiger charge is 2.24. The predicted octanol–water partition coefficient (Wildman–Crippen LogP) is 5.71. The zero-order valence-electron chi connectivity index (χ0n) is 17.5. The van der Waals surface area contributed by atoms with Crippen LogP contribution in [-0.2, 0) is 0 Å². The molecule has 2 aliphatic heterocycles. The van der Waals surface area contributed by atoms with Gasteiger partial charge in [-0.1, -0.05) is 17.7 Å². The first kappa shape index (κ1) is 20.5. The van der Waals surface area contributed by atoms with E-state index in [1.807, 2.05) is 18.3 Å². The van der Waals surface area contributed by atoms with Crippen molar-refractivity contribution < 1.29 is 9.50 Å². The molecular formula is C25H27ClFN3O. The molecule has 2 aliphatic rings. The van der Waals surface area contributed by atoms with E-state index >= 15 is 0 Å². The Morgan fingerprint density at radius 3 is 2.52 bits per heavy atom. The number of hydrogen-bond acceptors (Lipinski definition) is 4. The second kappa shape index (κ2) is 8.64. The third-order valence-corrected chi connectivity index (χ3v) is 7.03. The summed E-state index contributed by atoms with van der Waals surface area (Å²) in [6, 6.07) is 10.9. The van der Waals surface area contributed by atoms with E-state index in [2.05, 4.69) is 26.9 Å². The molecule has 5 rings (SSSR count). The standard InChI is InChI=1S/C25H27ClFN3O/c26-21-14-19(15-22(27)25(21)31)18-3-4-23-20(13-18)24(5-8-28-23)30-11-6-17(7-12-30)16-29-9-1-2-10-29/h3-5,8,13-15,17,31H,1-2,6-7,9-12,16H2. The molecule has 0 radical (unpaired) electrons. The van der Waals surface area contributed by atoms with Crippen LogP contribution in [0.2, 0.25) is 5.02 Å². The zero-order valence-corrected chi connectivity index (χ0v) is 18.3. The van der Waals surface area contributed by atoms with Crippen LogP contribution in [0.1, 0.15) is 25.7 Å². The zero-order chi connectivity index (χ0) is 21.4. The van der Waals surface area contributed by atoms with Crippen molar-refractivity contribution >= 4 is 28.2 Å². The van der Waals surface area contributed by atoms with Crippen molar-refractivity contribution in [2.45, 2.75) is 25.7 Å². The van der Waals surface area contributed by atoms with Crippen LogP contribution >= 0.6 is 11.6 Å². The lowest BCUT2D eigenvalue weighted by atomic mass is 9.95. The molecule has 162 valence electrons. The number of pyridine rings is 1. The maximum absolute atomic E-state index is 14.0. The Morgan fingerprint density at radius 2 is 1.77 bits per heavy atom. The largest absolute Gasteiger partial charge is 0.504 e. The highest BCUT2D eigenvalue weighted by molar-refractivity contribution is 6.32. The van der Waals surface area contributed by atoms with E-state index in [1.54, 1.807) is 6.07 Å². The van der Waals surface area contributed by atoms with Crippen molar-refractivity contribution in [2.24, 2.45) is 5.92 Å². The molecule has 0 unspecified atom stereocenters. The van der Waals surface area contributed by atoms with Crippen LogP contribution in [0.25, 0.3) is 22.0 Å². The van der Waals surface area contributed by atoms with Gasteiger partial charge in [-0.3, -0.25) is 4.98 Å². The number of fused-ring (bicyclic) bond motifs is 1. The summed E-state index contributed by atoms with van der Waals surface area (Å²) in [7, 11) is 0. The second-order valence-corrected chi connectivity index (χ2v) is 9.20. The molecule has 6 heteroatoms. The first-order chi connectivity index (χ1) is 15.1. The number of aromatic nitrogens is 1. The van der Waals surface area contributed by atoms with Gasteiger partial charge >= 0.3 is 0 Å². The summed E-state index contributed by atoms with van der Waals surface area (Å²) in [5.41, 5.74) is 3.59. The number of piperidine rings is 1. The third kappa shape index (κ3) is 4.21. The highest BCUT2D eigenvalue weighted by Crippen LogP contribution is 2.36. The Hall–Kier alpha value is -2.37. The monoisotopic (exact) mass is 439 g/mol. The second-order valence-electron chi connectivity index (χ2n) is 8.79. The number of hydrogen-bond donors (Lipinski definition) is 1. The van der Waals surface area contributed by atoms with Crippen LogP contribution in [0, 0.1) is 11.7 Å². The fourth-order valence-electron chi connectivity index (χ4n) is 5.01. The molecule has 0 aliphatic carbocycles. The average molecular weight is 440 g/mol. The van der Waals surface area contributed by atoms with Gasteiger partial charge in [-0.15, -0.1) is 0 Å². The number of likely N-dealkylation sites (tertiary alicyclic amines) is 1. The van der Waals surface area contributed by atoms with Gasteiger partial charge in [0.15, 0.2) is 11.6 Å². The number of phenolic OH excluding ortho intramolecular Hbond substituents is 1. The van der Waals surface area contributed by atoms with Crippen molar-refractivity contribution in [2.75, 3.05) is 37.6 Å². The summed E-state index contributed by atoms with van der Waals surface area (Å²) in [6.45, 7) is 5.85. The fourth-order valence-corrected chi connectivity index (χ4v) is 5.21. The van der Waals surface area contributed by atoms with Crippen LogP contribution in [0.5, 0.6) is 5.75 Å². The number of halogens is 2. The molecule has 4 nitrogen and oxygen atoms in total. The van der Waals surface area contributed by atoms with E-state index in [9.17, 15) is 9.50 Å². The summed E-state index contributed by atoms with van der Waals surface area (Å²) in [6.07, 6.45) is 6.98. The highest BCUT2D eigenvalue weighted by atomic mass is 35.5. The normalized spacial score (nSPS) is 18.2. The molecule has 0 bridgehead atoms. The van der Waals surface area contributed by atoms with Crippen LogP contribution in [0.3, 0.4) is 0 Å². The lowest BCUT2D eigenvalue weighted by molar-refractivity contribution is 0.249. The minimum atomic E-state index is -0.714. The van der Waals surface area contributed by atoms with E-state index in [-0.39, 0.29) is 5.02 Å². The summed E-state index contributed by atoms with van der Waals surface area (Å²) in [5, 5.41) is 10.7. The van der Waals surface area contributed by atoms with E-state index in [0.717, 1.165) is 35.5 Å². The number of phenols is 1. The summed E-state index contributed by atoms with van der Waals surface area (Å²) >= 11 is 6.00. The van der Waals surface area contributed by atoms with Crippen molar-refractivity contribution in [1.82, 2.24) is 9.88 Å². The predicted molar refractivity (Wildman–Crippen MR) is 124 cm³/mol. The lowest BCUT2D eigenvalue weighted by Crippen LogP contribution is -2.38. The fraction of sp³-hybridized carbons (Fsp3) is 0.400. The van der Waals surface area contributed by atoms with Gasteiger partial charge in [-0.2, -0.15) is 0 Å². The van der Waals surface area contributed by atoms with Gasteiger partial charge in [0.1, 0.15) is 0 Å². The number of aromatic hydroxyl groups is 1. The molecule has 2 saturated heterocycles. The van der Waals surface area contributed by atoms with Crippen LogP contribution in [0.15, 0.2) is 42.6 Å². The van der Waals surface area contributed by atoms with Crippen LogP contribution < -0.4 is 4.90 Å². The van der Waals surface area contributed by atoms with Gasteiger partial charge in [0.25, 0.3) is 0 Å². The Morgan fingerprint density at radius 1 is 1.00 bits per heavy atom. The van der Waals surface area contributed by atoms with Gasteiger partial charge in [-0.05, 0) is 86.1 Å². The Bertz CT molecular complexity index is 1070. The first-order valence-corrected chi connectivity index (χ1v) is 11.5. The van der Waals surface area contributed by atoms with Gasteiger partial charge < -0.3 is 14.9 Å². The number of nitrogens with zero attached hydrogens (tertiary/aromatic N) is 3. The SMILES string of the molecule is Oc1c(F)cc(-c2ccc3nccc(N4CCC(CN5CCCC5)CC4)c3c2)cc1Cl. The molecule has 2 fully saturated rings. The summed E-state index contributed by atoms with van der Waals surface area (Å²) in [5.74, 6) is -0.445. The van der Waals surface area contributed by atoms with Crippen molar-refractivity contribution in [1.29, 1.82) is 0 Å². The van der Waals surface area contributed by atoms with Crippen LogP contribution in [0.4, 0.5) is 10.1 Å². The number of anilines is 1. The molecule has 0 atom stereocenters. The van der Waals surface area contributed by atoms with Crippen LogP contribution in [-0.4, -0.2) is 47.7 Å². The molecule has 31 heavy (non-hydrogen) atoms. The smallest absolute Gasteiger partial charge is 0.170 e. The van der Waals surface area contributed by atoms with Gasteiger partial charge in [0.2, 0.25) is 0 Å². The van der Waals surface area contributed by atoms with E-state index in [0.29, 0.717) is 5.56 Å². The van der Waals surface area contributed by atoms with E-state index < -0.39 is 11.6 Å². The van der Waals surface area contributed by atoms with E-state index in [4.69, 9.17) is 11.6 Å². The van der Waals surface area contributed by atoms with Crippen molar-refractivity contribution in [3.05, 3.63) is 53.4 Å². The molecule has 3 heterocycles. The number of rotatable bonds is 4. The molecular weight excluding hydrogens is 413 g/mol. The van der Waals surface area contributed by atoms with Crippen molar-refractivity contribution in [3.8, 4) is 16.9 Å². The molecule has 0 spiro atoms. The quantitative estimate of drug-likeness (QED) is 0.565.